The van der Waals surface area contributed by atoms with E-state index in [1.807, 2.05) is 13.0 Å². The molecule has 2 aromatic rings. The van der Waals surface area contributed by atoms with Crippen molar-refractivity contribution in [2.45, 2.75) is 32.6 Å². The predicted molar refractivity (Wildman–Crippen MR) is 101 cm³/mol. The fourth-order valence-corrected chi connectivity index (χ4v) is 3.37. The normalized spacial score (nSPS) is 13.8. The van der Waals surface area contributed by atoms with Gasteiger partial charge in [-0.1, -0.05) is 0 Å². The first-order chi connectivity index (χ1) is 13.0. The van der Waals surface area contributed by atoms with Crippen LogP contribution >= 0.6 is 0 Å². The Kier molecular flexibility index (Phi) is 5.78. The van der Waals surface area contributed by atoms with Gasteiger partial charge in [0.05, 0.1) is 13.7 Å². The molecule has 1 aromatic carbocycles. The number of carbonyl (C=O) groups is 2. The van der Waals surface area contributed by atoms with Crippen LogP contribution in [0.5, 0.6) is 5.75 Å². The van der Waals surface area contributed by atoms with Crippen LogP contribution in [0.4, 0.5) is 0 Å². The van der Waals surface area contributed by atoms with Crippen molar-refractivity contribution in [2.75, 3.05) is 26.7 Å². The third-order valence-corrected chi connectivity index (χ3v) is 4.99. The highest BCUT2D eigenvalue weighted by molar-refractivity contribution is 5.85. The molecule has 3 rings (SSSR count). The second-order valence-corrected chi connectivity index (χ2v) is 6.72. The molecule has 0 radical (unpaired) electrons. The number of carbonyl (C=O) groups excluding carboxylic acids is 2. The molecule has 7 heteroatoms. The Hall–Kier alpha value is -2.83. The average Bonchev–Trinajstić information content (AvgIpc) is 3.20. The molecule has 1 aromatic heterocycles. The summed E-state index contributed by atoms with van der Waals surface area (Å²) in [5, 5.41) is 3.46. The van der Waals surface area contributed by atoms with Crippen molar-refractivity contribution in [3.63, 3.8) is 0 Å². The SMILES string of the molecule is COc1ccc2c(C)c(CCC(=O)NCC(=O)N3CCCC3)c(=O)oc2c1. The van der Waals surface area contributed by atoms with Crippen LogP contribution in [0.3, 0.4) is 0 Å². The number of fused-ring (bicyclic) bond motifs is 1. The monoisotopic (exact) mass is 372 g/mol. The minimum Gasteiger partial charge on any atom is -0.497 e. The van der Waals surface area contributed by atoms with E-state index in [0.29, 0.717) is 16.9 Å². The molecule has 1 fully saturated rings. The average molecular weight is 372 g/mol. The third kappa shape index (κ3) is 4.30. The van der Waals surface area contributed by atoms with Crippen molar-refractivity contribution in [2.24, 2.45) is 0 Å². The van der Waals surface area contributed by atoms with Gasteiger partial charge in [-0.2, -0.15) is 0 Å². The fourth-order valence-electron chi connectivity index (χ4n) is 3.37. The molecule has 144 valence electrons. The van der Waals surface area contributed by atoms with Crippen LogP contribution in [0, 0.1) is 6.92 Å². The molecule has 1 saturated heterocycles. The summed E-state index contributed by atoms with van der Waals surface area (Å²) >= 11 is 0. The smallest absolute Gasteiger partial charge is 0.339 e. The maximum absolute atomic E-state index is 12.3. The maximum Gasteiger partial charge on any atom is 0.339 e. The molecular weight excluding hydrogens is 348 g/mol. The van der Waals surface area contributed by atoms with Crippen molar-refractivity contribution in [3.05, 3.63) is 39.7 Å². The van der Waals surface area contributed by atoms with Gasteiger partial charge in [-0.05, 0) is 43.9 Å². The summed E-state index contributed by atoms with van der Waals surface area (Å²) in [4.78, 5) is 38.1. The number of ether oxygens (including phenoxy) is 1. The standard InChI is InChI=1S/C20H24N2O5/c1-13-15-6-5-14(26-2)11-17(15)27-20(25)16(13)7-8-18(23)21-12-19(24)22-9-3-4-10-22/h5-6,11H,3-4,7-10,12H2,1-2H3,(H,21,23). The van der Waals surface area contributed by atoms with Crippen molar-refractivity contribution < 1.29 is 18.7 Å². The fraction of sp³-hybridized carbons (Fsp3) is 0.450. The van der Waals surface area contributed by atoms with Gasteiger partial charge in [-0.25, -0.2) is 4.79 Å². The number of hydrogen-bond acceptors (Lipinski definition) is 5. The molecular formula is C20H24N2O5. The molecule has 0 spiro atoms. The summed E-state index contributed by atoms with van der Waals surface area (Å²) in [6.07, 6.45) is 2.42. The molecule has 2 heterocycles. The van der Waals surface area contributed by atoms with E-state index in [-0.39, 0.29) is 31.2 Å². The van der Waals surface area contributed by atoms with E-state index in [9.17, 15) is 14.4 Å². The molecule has 0 atom stereocenters. The van der Waals surface area contributed by atoms with E-state index in [1.54, 1.807) is 24.1 Å². The zero-order valence-corrected chi connectivity index (χ0v) is 15.7. The summed E-state index contributed by atoms with van der Waals surface area (Å²) < 4.78 is 10.5. The van der Waals surface area contributed by atoms with Crippen LogP contribution in [-0.4, -0.2) is 43.5 Å². The zero-order valence-electron chi connectivity index (χ0n) is 15.7. The Morgan fingerprint density at radius 2 is 2.00 bits per heavy atom. The van der Waals surface area contributed by atoms with E-state index in [4.69, 9.17) is 9.15 Å². The largest absolute Gasteiger partial charge is 0.497 e. The molecule has 1 N–H and O–H groups in total. The molecule has 0 unspecified atom stereocenters. The van der Waals surface area contributed by atoms with Gasteiger partial charge in [-0.3, -0.25) is 9.59 Å². The summed E-state index contributed by atoms with van der Waals surface area (Å²) in [5.41, 5.74) is 1.29. The minimum absolute atomic E-state index is 0.00391. The minimum atomic E-state index is -0.450. The number of nitrogens with zero attached hydrogens (tertiary/aromatic N) is 1. The van der Waals surface area contributed by atoms with Gasteiger partial charge >= 0.3 is 5.63 Å². The number of hydrogen-bond donors (Lipinski definition) is 1. The van der Waals surface area contributed by atoms with Crippen LogP contribution in [-0.2, 0) is 16.0 Å². The quantitative estimate of drug-likeness (QED) is 0.781. The van der Waals surface area contributed by atoms with Crippen molar-refractivity contribution in [1.29, 1.82) is 0 Å². The van der Waals surface area contributed by atoms with Crippen molar-refractivity contribution in [1.82, 2.24) is 10.2 Å². The second-order valence-electron chi connectivity index (χ2n) is 6.72. The van der Waals surface area contributed by atoms with Crippen molar-refractivity contribution in [3.8, 4) is 5.75 Å². The molecule has 1 aliphatic rings. The third-order valence-electron chi connectivity index (χ3n) is 4.99. The number of rotatable bonds is 6. The second kappa shape index (κ2) is 8.24. The van der Waals surface area contributed by atoms with E-state index < -0.39 is 5.63 Å². The lowest BCUT2D eigenvalue weighted by Gasteiger charge is -2.15. The van der Waals surface area contributed by atoms with E-state index in [2.05, 4.69) is 5.32 Å². The lowest BCUT2D eigenvalue weighted by Crippen LogP contribution is -2.38. The van der Waals surface area contributed by atoms with Gasteiger partial charge in [0.1, 0.15) is 11.3 Å². The zero-order chi connectivity index (χ0) is 19.4. The number of likely N-dealkylation sites (tertiary alicyclic amines) is 1. The summed E-state index contributed by atoms with van der Waals surface area (Å²) in [5.74, 6) is 0.298. The maximum atomic E-state index is 12.3. The Bertz CT molecular complexity index is 912. The van der Waals surface area contributed by atoms with Crippen LogP contribution in [0.15, 0.2) is 27.4 Å². The Balaban J connectivity index is 1.63. The van der Waals surface area contributed by atoms with E-state index in [1.165, 1.54) is 0 Å². The van der Waals surface area contributed by atoms with Crippen LogP contribution in [0.25, 0.3) is 11.0 Å². The Morgan fingerprint density at radius 1 is 1.26 bits per heavy atom. The molecule has 1 aliphatic heterocycles. The van der Waals surface area contributed by atoms with Gasteiger partial charge in [0.25, 0.3) is 0 Å². The van der Waals surface area contributed by atoms with Gasteiger partial charge in [-0.15, -0.1) is 0 Å². The lowest BCUT2D eigenvalue weighted by molar-refractivity contribution is -0.132. The molecule has 0 saturated carbocycles. The van der Waals surface area contributed by atoms with Crippen molar-refractivity contribution >= 4 is 22.8 Å². The number of aryl methyl sites for hydroxylation is 1. The summed E-state index contributed by atoms with van der Waals surface area (Å²) in [7, 11) is 1.55. The molecule has 27 heavy (non-hydrogen) atoms. The number of amides is 2. The lowest BCUT2D eigenvalue weighted by atomic mass is 10.0. The highest BCUT2D eigenvalue weighted by Gasteiger charge is 2.18. The number of methoxy groups -OCH3 is 1. The van der Waals surface area contributed by atoms with Crippen LogP contribution in [0.1, 0.15) is 30.4 Å². The van der Waals surface area contributed by atoms with Crippen LogP contribution < -0.4 is 15.7 Å². The van der Waals surface area contributed by atoms with Gasteiger partial charge < -0.3 is 19.4 Å². The first-order valence-electron chi connectivity index (χ1n) is 9.14. The van der Waals surface area contributed by atoms with Gasteiger partial charge in [0, 0.05) is 36.5 Å². The highest BCUT2D eigenvalue weighted by Crippen LogP contribution is 2.24. The van der Waals surface area contributed by atoms with E-state index >= 15 is 0 Å². The Morgan fingerprint density at radius 3 is 2.70 bits per heavy atom. The van der Waals surface area contributed by atoms with Crippen LogP contribution in [0.2, 0.25) is 0 Å². The van der Waals surface area contributed by atoms with Gasteiger partial charge in [0.15, 0.2) is 0 Å². The Labute approximate surface area is 157 Å². The summed E-state index contributed by atoms with van der Waals surface area (Å²) in [6, 6.07) is 5.31. The molecule has 7 nitrogen and oxygen atoms in total. The van der Waals surface area contributed by atoms with E-state index in [0.717, 1.165) is 36.9 Å². The highest BCUT2D eigenvalue weighted by atomic mass is 16.5. The number of nitrogens with one attached hydrogen (secondary N) is 1. The topological polar surface area (TPSA) is 88.9 Å². The first-order valence-corrected chi connectivity index (χ1v) is 9.14. The molecule has 0 aliphatic carbocycles. The first kappa shape index (κ1) is 18.9. The van der Waals surface area contributed by atoms with Gasteiger partial charge in [0.2, 0.25) is 11.8 Å². The number of benzene rings is 1. The molecule has 2 amide bonds. The molecule has 0 bridgehead atoms. The summed E-state index contributed by atoms with van der Waals surface area (Å²) in [6.45, 7) is 3.37. The predicted octanol–water partition coefficient (Wildman–Crippen LogP) is 1.78.